The standard InChI is InChI=1S/C18H15F3N6/c1-27-16(23-9-24-27)8-22-11-3-5-14-15(7-11)26-18(25-14)13-6-10(19)2-4-12(13)17(20)21/h2-7,9,17,22H,8H2,1H3,(H,25,26). The minimum atomic E-state index is -2.72. The molecule has 0 spiro atoms. The SMILES string of the molecule is Cn1ncnc1CNc1ccc2nc(-c3cc(F)ccc3C(F)F)[nH]c2c1. The Morgan fingerprint density at radius 3 is 2.78 bits per heavy atom. The van der Waals surface area contributed by atoms with E-state index < -0.39 is 12.2 Å². The quantitative estimate of drug-likeness (QED) is 0.555. The molecular formula is C18H15F3N6. The number of nitrogens with zero attached hydrogens (tertiary/aromatic N) is 4. The molecule has 2 aromatic heterocycles. The summed E-state index contributed by atoms with van der Waals surface area (Å²) in [4.78, 5) is 11.5. The molecule has 2 N–H and O–H groups in total. The molecule has 27 heavy (non-hydrogen) atoms. The Morgan fingerprint density at radius 2 is 2.04 bits per heavy atom. The van der Waals surface area contributed by atoms with Gasteiger partial charge in [0.05, 0.1) is 17.6 Å². The molecule has 0 saturated heterocycles. The van der Waals surface area contributed by atoms with E-state index in [4.69, 9.17) is 0 Å². The van der Waals surface area contributed by atoms with E-state index in [1.54, 1.807) is 17.8 Å². The predicted octanol–water partition coefficient (Wildman–Crippen LogP) is 4.05. The van der Waals surface area contributed by atoms with Crippen LogP contribution in [0.1, 0.15) is 17.8 Å². The van der Waals surface area contributed by atoms with E-state index in [9.17, 15) is 13.2 Å². The highest BCUT2D eigenvalue weighted by Crippen LogP contribution is 2.31. The van der Waals surface area contributed by atoms with E-state index >= 15 is 0 Å². The van der Waals surface area contributed by atoms with Gasteiger partial charge < -0.3 is 10.3 Å². The fourth-order valence-electron chi connectivity index (χ4n) is 2.83. The third-order valence-electron chi connectivity index (χ3n) is 4.24. The summed E-state index contributed by atoms with van der Waals surface area (Å²) in [7, 11) is 1.80. The number of aryl methyl sites for hydroxylation is 1. The zero-order valence-corrected chi connectivity index (χ0v) is 14.2. The average molecular weight is 372 g/mol. The van der Waals surface area contributed by atoms with E-state index in [-0.39, 0.29) is 17.0 Å². The van der Waals surface area contributed by atoms with Crippen molar-refractivity contribution >= 4 is 16.7 Å². The molecule has 9 heteroatoms. The first-order valence-electron chi connectivity index (χ1n) is 8.16. The van der Waals surface area contributed by atoms with Gasteiger partial charge in [0.25, 0.3) is 6.43 Å². The number of aromatic nitrogens is 5. The summed E-state index contributed by atoms with van der Waals surface area (Å²) in [5.74, 6) is 0.368. The van der Waals surface area contributed by atoms with Crippen LogP contribution in [0.25, 0.3) is 22.4 Å². The number of fused-ring (bicyclic) bond motifs is 1. The number of alkyl halides is 2. The molecule has 6 nitrogen and oxygen atoms in total. The summed E-state index contributed by atoms with van der Waals surface area (Å²) in [5.41, 5.74) is 1.83. The molecule has 0 fully saturated rings. The molecule has 2 aromatic carbocycles. The maximum atomic E-state index is 13.6. The molecule has 138 valence electrons. The van der Waals surface area contributed by atoms with Crippen LogP contribution >= 0.6 is 0 Å². The van der Waals surface area contributed by atoms with Crippen LogP contribution in [0.15, 0.2) is 42.7 Å². The van der Waals surface area contributed by atoms with Crippen molar-refractivity contribution in [1.29, 1.82) is 0 Å². The van der Waals surface area contributed by atoms with Crippen molar-refractivity contribution in [3.05, 3.63) is 59.9 Å². The minimum Gasteiger partial charge on any atom is -0.378 e. The van der Waals surface area contributed by atoms with Gasteiger partial charge in [-0.3, -0.25) is 4.68 Å². The van der Waals surface area contributed by atoms with Crippen molar-refractivity contribution in [3.8, 4) is 11.4 Å². The summed E-state index contributed by atoms with van der Waals surface area (Å²) in [5, 5.41) is 7.22. The molecule has 0 aliphatic carbocycles. The molecule has 0 unspecified atom stereocenters. The van der Waals surface area contributed by atoms with Gasteiger partial charge in [-0.1, -0.05) is 0 Å². The Kier molecular flexibility index (Phi) is 4.27. The van der Waals surface area contributed by atoms with Crippen molar-refractivity contribution in [2.24, 2.45) is 7.05 Å². The van der Waals surface area contributed by atoms with Gasteiger partial charge in [0.1, 0.15) is 23.8 Å². The summed E-state index contributed by atoms with van der Waals surface area (Å²) in [6.07, 6.45) is -1.25. The number of imidazole rings is 1. The van der Waals surface area contributed by atoms with Gasteiger partial charge in [0.2, 0.25) is 0 Å². The molecule has 4 rings (SSSR count). The molecule has 2 heterocycles. The monoisotopic (exact) mass is 372 g/mol. The van der Waals surface area contributed by atoms with Crippen LogP contribution in [0.2, 0.25) is 0 Å². The molecule has 0 bridgehead atoms. The predicted molar refractivity (Wildman–Crippen MR) is 94.8 cm³/mol. The van der Waals surface area contributed by atoms with Gasteiger partial charge in [0.15, 0.2) is 0 Å². The fourth-order valence-corrected chi connectivity index (χ4v) is 2.83. The van der Waals surface area contributed by atoms with Crippen molar-refractivity contribution in [1.82, 2.24) is 24.7 Å². The van der Waals surface area contributed by atoms with Gasteiger partial charge in [0, 0.05) is 23.9 Å². The number of rotatable bonds is 5. The molecule has 0 amide bonds. The Balaban J connectivity index is 1.65. The van der Waals surface area contributed by atoms with Crippen LogP contribution in [0.5, 0.6) is 0 Å². The first-order chi connectivity index (χ1) is 13.0. The smallest absolute Gasteiger partial charge is 0.264 e. The second-order valence-electron chi connectivity index (χ2n) is 6.00. The molecule has 4 aromatic rings. The molecule has 0 atom stereocenters. The lowest BCUT2D eigenvalue weighted by Crippen LogP contribution is -2.06. The lowest BCUT2D eigenvalue weighted by atomic mass is 10.1. The Labute approximate surface area is 152 Å². The van der Waals surface area contributed by atoms with Gasteiger partial charge in [-0.05, 0) is 36.4 Å². The molecule has 0 radical (unpaired) electrons. The Bertz CT molecular complexity index is 1100. The van der Waals surface area contributed by atoms with E-state index in [2.05, 4.69) is 25.4 Å². The topological polar surface area (TPSA) is 71.4 Å². The first-order valence-corrected chi connectivity index (χ1v) is 8.16. The summed E-state index contributed by atoms with van der Waals surface area (Å²) in [6.45, 7) is 0.475. The first kappa shape index (κ1) is 17.1. The highest BCUT2D eigenvalue weighted by atomic mass is 19.3. The maximum absolute atomic E-state index is 13.6. The molecule has 0 aliphatic heterocycles. The van der Waals surface area contributed by atoms with Gasteiger partial charge in [-0.25, -0.2) is 23.1 Å². The lowest BCUT2D eigenvalue weighted by molar-refractivity contribution is 0.152. The highest BCUT2D eigenvalue weighted by Gasteiger charge is 2.17. The van der Waals surface area contributed by atoms with Gasteiger partial charge in [-0.15, -0.1) is 0 Å². The van der Waals surface area contributed by atoms with E-state index in [1.165, 1.54) is 6.33 Å². The number of nitrogens with one attached hydrogen (secondary N) is 2. The van der Waals surface area contributed by atoms with Gasteiger partial charge >= 0.3 is 0 Å². The number of H-pyrrole nitrogens is 1. The number of benzene rings is 2. The number of halogens is 3. The molecule has 0 aliphatic rings. The van der Waals surface area contributed by atoms with E-state index in [0.29, 0.717) is 17.6 Å². The lowest BCUT2D eigenvalue weighted by Gasteiger charge is -2.06. The van der Waals surface area contributed by atoms with Crippen LogP contribution in [0, 0.1) is 5.82 Å². The van der Waals surface area contributed by atoms with Crippen molar-refractivity contribution < 1.29 is 13.2 Å². The molecular weight excluding hydrogens is 357 g/mol. The molecule has 0 saturated carbocycles. The summed E-state index contributed by atoms with van der Waals surface area (Å²) >= 11 is 0. The second-order valence-corrected chi connectivity index (χ2v) is 6.00. The minimum absolute atomic E-state index is 0.0507. The Morgan fingerprint density at radius 1 is 1.19 bits per heavy atom. The van der Waals surface area contributed by atoms with E-state index in [1.807, 2.05) is 12.1 Å². The van der Waals surface area contributed by atoms with Crippen molar-refractivity contribution in [3.63, 3.8) is 0 Å². The summed E-state index contributed by atoms with van der Waals surface area (Å²) in [6, 6.07) is 8.55. The zero-order chi connectivity index (χ0) is 19.0. The zero-order valence-electron chi connectivity index (χ0n) is 14.2. The van der Waals surface area contributed by atoms with Crippen LogP contribution < -0.4 is 5.32 Å². The Hall–Kier alpha value is -3.36. The number of aromatic amines is 1. The average Bonchev–Trinajstić information content (AvgIpc) is 3.25. The summed E-state index contributed by atoms with van der Waals surface area (Å²) < 4.78 is 41.7. The third kappa shape index (κ3) is 3.35. The van der Waals surface area contributed by atoms with Crippen LogP contribution in [0.3, 0.4) is 0 Å². The van der Waals surface area contributed by atoms with E-state index in [0.717, 1.165) is 29.7 Å². The van der Waals surface area contributed by atoms with Gasteiger partial charge in [-0.2, -0.15) is 5.10 Å². The highest BCUT2D eigenvalue weighted by molar-refractivity contribution is 5.83. The normalized spacial score (nSPS) is 11.4. The van der Waals surface area contributed by atoms with Crippen LogP contribution in [0.4, 0.5) is 18.9 Å². The number of hydrogen-bond donors (Lipinski definition) is 2. The third-order valence-corrected chi connectivity index (χ3v) is 4.24. The van der Waals surface area contributed by atoms with Crippen molar-refractivity contribution in [2.45, 2.75) is 13.0 Å². The number of hydrogen-bond acceptors (Lipinski definition) is 4. The second kappa shape index (κ2) is 6.75. The van der Waals surface area contributed by atoms with Crippen molar-refractivity contribution in [2.75, 3.05) is 5.32 Å². The number of anilines is 1. The fraction of sp³-hybridized carbons (Fsp3) is 0.167. The van der Waals surface area contributed by atoms with Crippen LogP contribution in [-0.2, 0) is 13.6 Å². The largest absolute Gasteiger partial charge is 0.378 e. The maximum Gasteiger partial charge on any atom is 0.264 e. The van der Waals surface area contributed by atoms with Crippen LogP contribution in [-0.4, -0.2) is 24.7 Å².